The highest BCUT2D eigenvalue weighted by atomic mass is 35.5. The molecule has 1 aromatic heterocycles. The number of rotatable bonds is 10. The molecule has 0 saturated carbocycles. The summed E-state index contributed by atoms with van der Waals surface area (Å²) in [5.41, 5.74) is 5.05. The summed E-state index contributed by atoms with van der Waals surface area (Å²) in [4.78, 5) is 27.4. The molecule has 1 N–H and O–H groups in total. The third kappa shape index (κ3) is 7.04. The number of thiazole rings is 1. The second-order valence-electron chi connectivity index (χ2n) is 6.39. The first kappa shape index (κ1) is 23.7. The van der Waals surface area contributed by atoms with Gasteiger partial charge >= 0.3 is 5.97 Å². The molecule has 0 amide bonds. The lowest BCUT2D eigenvalue weighted by Crippen LogP contribution is -2.07. The number of hydrogen-bond donors (Lipinski definition) is 1. The molecule has 166 valence electrons. The Morgan fingerprint density at radius 1 is 1.34 bits per heavy atom. The highest BCUT2D eigenvalue weighted by Gasteiger charge is 2.11. The summed E-state index contributed by atoms with van der Waals surface area (Å²) in [6.07, 6.45) is 1.61. The van der Waals surface area contributed by atoms with Gasteiger partial charge in [0, 0.05) is 38.7 Å². The number of nitrogens with zero attached hydrogens (tertiary/aromatic N) is 3. The van der Waals surface area contributed by atoms with Crippen LogP contribution in [0.25, 0.3) is 0 Å². The normalized spacial score (nSPS) is 10.9. The van der Waals surface area contributed by atoms with Gasteiger partial charge < -0.3 is 4.74 Å². The minimum absolute atomic E-state index is 0.0201. The van der Waals surface area contributed by atoms with E-state index in [0.717, 1.165) is 10.5 Å². The molecular weight excluding hydrogens is 472 g/mol. The lowest BCUT2D eigenvalue weighted by atomic mass is 10.2. The van der Waals surface area contributed by atoms with Crippen molar-refractivity contribution < 1.29 is 14.5 Å². The molecule has 0 atom stereocenters. The van der Waals surface area contributed by atoms with Crippen molar-refractivity contribution in [3.05, 3.63) is 79.8 Å². The molecular formula is C21H19ClN4O4S2. The molecule has 0 unspecified atom stereocenters. The molecule has 0 aliphatic carbocycles. The molecule has 1 heterocycles. The van der Waals surface area contributed by atoms with E-state index in [2.05, 4.69) is 15.5 Å². The van der Waals surface area contributed by atoms with Gasteiger partial charge in [-0.1, -0.05) is 23.7 Å². The molecule has 3 aromatic rings. The van der Waals surface area contributed by atoms with Crippen LogP contribution in [0.2, 0.25) is 5.02 Å². The van der Waals surface area contributed by atoms with Crippen molar-refractivity contribution in [1.82, 2.24) is 4.98 Å². The molecule has 0 aliphatic rings. The Bertz CT molecular complexity index is 1120. The second-order valence-corrected chi connectivity index (χ2v) is 8.70. The number of nitro benzene ring substituents is 1. The number of nitrogens with one attached hydrogen (secondary N) is 1. The monoisotopic (exact) mass is 490 g/mol. The number of aromatic nitrogens is 1. The number of ether oxygens (including phenoxy) is 1. The van der Waals surface area contributed by atoms with Crippen LogP contribution >= 0.6 is 34.7 Å². The number of hydrazone groups is 1. The van der Waals surface area contributed by atoms with E-state index in [1.807, 2.05) is 24.3 Å². The van der Waals surface area contributed by atoms with E-state index >= 15 is 0 Å². The maximum Gasteiger partial charge on any atom is 0.311 e. The molecule has 3 rings (SSSR count). The van der Waals surface area contributed by atoms with E-state index in [1.165, 1.54) is 41.4 Å². The predicted octanol–water partition coefficient (Wildman–Crippen LogP) is 5.55. The van der Waals surface area contributed by atoms with Gasteiger partial charge in [-0.2, -0.15) is 5.10 Å². The third-order valence-corrected chi connectivity index (χ3v) is 6.27. The Labute approximate surface area is 197 Å². The van der Waals surface area contributed by atoms with Crippen LogP contribution in [0, 0.1) is 10.1 Å². The molecule has 11 heteroatoms. The highest BCUT2D eigenvalue weighted by Crippen LogP contribution is 2.29. The zero-order valence-corrected chi connectivity index (χ0v) is 19.4. The molecule has 0 aliphatic heterocycles. The Balaban J connectivity index is 1.69. The van der Waals surface area contributed by atoms with Crippen molar-refractivity contribution in [2.75, 3.05) is 12.0 Å². The molecule has 32 heavy (non-hydrogen) atoms. The summed E-state index contributed by atoms with van der Waals surface area (Å²) in [5, 5.41) is 18.3. The van der Waals surface area contributed by atoms with Crippen molar-refractivity contribution in [3.63, 3.8) is 0 Å². The topological polar surface area (TPSA) is 107 Å². The Morgan fingerprint density at radius 2 is 2.12 bits per heavy atom. The second kappa shape index (κ2) is 11.6. The van der Waals surface area contributed by atoms with Crippen LogP contribution in [0.3, 0.4) is 0 Å². The third-order valence-electron chi connectivity index (χ3n) is 4.06. The number of nitro groups is 1. The van der Waals surface area contributed by atoms with Gasteiger partial charge in [0.05, 0.1) is 29.9 Å². The maximum atomic E-state index is 11.6. The summed E-state index contributed by atoms with van der Waals surface area (Å²) in [6, 6.07) is 12.2. The van der Waals surface area contributed by atoms with Gasteiger partial charge in [0.15, 0.2) is 0 Å². The smallest absolute Gasteiger partial charge is 0.311 e. The summed E-state index contributed by atoms with van der Waals surface area (Å²) in [6.45, 7) is 2.07. The van der Waals surface area contributed by atoms with Crippen molar-refractivity contribution in [2.24, 2.45) is 5.10 Å². The number of hydrogen-bond acceptors (Lipinski definition) is 9. The predicted molar refractivity (Wildman–Crippen MR) is 128 cm³/mol. The van der Waals surface area contributed by atoms with E-state index < -0.39 is 4.92 Å². The zero-order valence-electron chi connectivity index (χ0n) is 17.0. The van der Waals surface area contributed by atoms with Crippen LogP contribution < -0.4 is 5.43 Å². The van der Waals surface area contributed by atoms with Crippen molar-refractivity contribution >= 4 is 57.7 Å². The lowest BCUT2D eigenvalue weighted by Gasteiger charge is -2.06. The number of carbonyl (C=O) groups excluding carboxylic acids is 1. The van der Waals surface area contributed by atoms with Crippen LogP contribution in [-0.2, 0) is 21.7 Å². The summed E-state index contributed by atoms with van der Waals surface area (Å²) >= 11 is 8.76. The Morgan fingerprint density at radius 3 is 2.84 bits per heavy atom. The zero-order chi connectivity index (χ0) is 22.9. The first-order valence-corrected chi connectivity index (χ1v) is 11.7. The molecule has 2 aromatic carbocycles. The summed E-state index contributed by atoms with van der Waals surface area (Å²) < 4.78 is 4.91. The highest BCUT2D eigenvalue weighted by molar-refractivity contribution is 7.98. The molecule has 0 fully saturated rings. The van der Waals surface area contributed by atoms with Crippen LogP contribution in [0.5, 0.6) is 0 Å². The van der Waals surface area contributed by atoms with Gasteiger partial charge in [-0.05, 0) is 30.7 Å². The van der Waals surface area contributed by atoms with Crippen molar-refractivity contribution in [1.29, 1.82) is 0 Å². The number of non-ortho nitro benzene ring substituents is 1. The van der Waals surface area contributed by atoms with Gasteiger partial charge in [-0.3, -0.25) is 20.3 Å². The van der Waals surface area contributed by atoms with Crippen LogP contribution in [0.4, 0.5) is 10.8 Å². The summed E-state index contributed by atoms with van der Waals surface area (Å²) in [5.74, 6) is 0.333. The number of benzene rings is 2. The van der Waals surface area contributed by atoms with Gasteiger partial charge in [0.2, 0.25) is 5.13 Å². The summed E-state index contributed by atoms with van der Waals surface area (Å²) in [7, 11) is 0. The number of carbonyl (C=O) groups is 1. The molecule has 0 saturated heterocycles. The Hall–Kier alpha value is -2.95. The molecule has 0 bridgehead atoms. The van der Waals surface area contributed by atoms with Crippen molar-refractivity contribution in [3.8, 4) is 0 Å². The van der Waals surface area contributed by atoms with E-state index in [0.29, 0.717) is 33.8 Å². The fraction of sp³-hybridized carbons (Fsp3) is 0.190. The average molecular weight is 491 g/mol. The van der Waals surface area contributed by atoms with E-state index in [1.54, 1.807) is 18.4 Å². The standard InChI is InChI=1S/C21H19ClN4O4S2/c1-2-30-20(27)10-17-13-32-21(24-17)25-23-11-15-9-18(26(28)29)7-8-19(15)31-12-14-3-5-16(22)6-4-14/h3-9,11,13H,2,10,12H2,1H3,(H,24,25). The number of halogens is 1. The largest absolute Gasteiger partial charge is 0.466 e. The van der Waals surface area contributed by atoms with E-state index in [-0.39, 0.29) is 18.1 Å². The molecule has 0 radical (unpaired) electrons. The van der Waals surface area contributed by atoms with E-state index in [4.69, 9.17) is 16.3 Å². The lowest BCUT2D eigenvalue weighted by molar-refractivity contribution is -0.384. The first-order chi connectivity index (χ1) is 15.4. The Kier molecular flexibility index (Phi) is 8.60. The SMILES string of the molecule is CCOC(=O)Cc1csc(NN=Cc2cc([N+](=O)[O-])ccc2SCc2ccc(Cl)cc2)n1. The maximum absolute atomic E-state index is 11.6. The van der Waals surface area contributed by atoms with Gasteiger partial charge in [-0.15, -0.1) is 23.1 Å². The quantitative estimate of drug-likeness (QED) is 0.130. The fourth-order valence-corrected chi connectivity index (χ4v) is 4.32. The van der Waals surface area contributed by atoms with E-state index in [9.17, 15) is 14.9 Å². The number of esters is 1. The first-order valence-electron chi connectivity index (χ1n) is 9.49. The van der Waals surface area contributed by atoms with Crippen molar-refractivity contribution in [2.45, 2.75) is 24.0 Å². The van der Waals surface area contributed by atoms with Gasteiger partial charge in [0.25, 0.3) is 5.69 Å². The molecule has 0 spiro atoms. The minimum atomic E-state index is -0.444. The van der Waals surface area contributed by atoms with Crippen LogP contribution in [-0.4, -0.2) is 28.7 Å². The number of thioether (sulfide) groups is 1. The minimum Gasteiger partial charge on any atom is -0.466 e. The van der Waals surface area contributed by atoms with Crippen LogP contribution in [0.1, 0.15) is 23.7 Å². The average Bonchev–Trinajstić information content (AvgIpc) is 3.21. The van der Waals surface area contributed by atoms with Gasteiger partial charge in [0.1, 0.15) is 0 Å². The van der Waals surface area contributed by atoms with Crippen LogP contribution in [0.15, 0.2) is 57.8 Å². The van der Waals surface area contributed by atoms with Gasteiger partial charge in [-0.25, -0.2) is 4.98 Å². The molecule has 8 nitrogen and oxygen atoms in total. The fourth-order valence-electron chi connectivity index (χ4n) is 2.58. The number of anilines is 1.